The van der Waals surface area contributed by atoms with Gasteiger partial charge in [0.05, 0.1) is 23.2 Å². The van der Waals surface area contributed by atoms with Crippen LogP contribution in [0.3, 0.4) is 0 Å². The van der Waals surface area contributed by atoms with Crippen LogP contribution in [0.1, 0.15) is 64.2 Å². The maximum absolute atomic E-state index is 13.6. The number of esters is 3. The molecule has 0 N–H and O–H groups in total. The van der Waals surface area contributed by atoms with Gasteiger partial charge in [0.15, 0.2) is 0 Å². The van der Waals surface area contributed by atoms with E-state index in [1.807, 2.05) is 0 Å². The molecule has 0 aromatic carbocycles. The van der Waals surface area contributed by atoms with E-state index < -0.39 is 5.41 Å². The Balaban J connectivity index is 0.998. The Morgan fingerprint density at radius 1 is 0.467 bits per heavy atom. The minimum Gasteiger partial charge on any atom is -0.465 e. The highest BCUT2D eigenvalue weighted by molar-refractivity contribution is 5.82. The van der Waals surface area contributed by atoms with Crippen molar-refractivity contribution in [3.8, 4) is 0 Å². The Morgan fingerprint density at radius 3 is 1.09 bits per heavy atom. The first kappa shape index (κ1) is 29.4. The Hall–Kier alpha value is -2.96. The van der Waals surface area contributed by atoms with Crippen molar-refractivity contribution in [3.05, 3.63) is 48.6 Å². The molecule has 4 fully saturated rings. The first-order valence-corrected chi connectivity index (χ1v) is 17.6. The number of rotatable bonds is 13. The lowest BCUT2D eigenvalue weighted by Gasteiger charge is -2.34. The van der Waals surface area contributed by atoms with Crippen molar-refractivity contribution in [2.75, 3.05) is 19.8 Å². The molecule has 0 aliphatic heterocycles. The normalized spacial score (nSPS) is 41.7. The lowest BCUT2D eigenvalue weighted by molar-refractivity contribution is -0.169. The minimum absolute atomic E-state index is 0.00725. The molecule has 0 heterocycles. The van der Waals surface area contributed by atoms with Gasteiger partial charge in [0.1, 0.15) is 25.6 Å². The molecule has 7 nitrogen and oxygen atoms in total. The molecule has 7 heteroatoms. The van der Waals surface area contributed by atoms with Crippen LogP contribution in [-0.2, 0) is 33.4 Å². The molecule has 0 aromatic rings. The second kappa shape index (κ2) is 11.7. The molecule has 0 aromatic heterocycles. The minimum atomic E-state index is -0.988. The fraction of sp³-hybridized carbons (Fsp3) is 0.684. The first-order chi connectivity index (χ1) is 21.8. The number of hydrogen-bond donors (Lipinski definition) is 0. The van der Waals surface area contributed by atoms with Crippen LogP contribution < -0.4 is 0 Å². The molecular formula is C38H46O7. The molecule has 0 saturated heterocycles. The standard InChI is InChI=1S/C38H46O7/c39-34(30-15-22-1-5-26(30)11-22)9-10-38(19-43-35(40)31-16-23-2-6-27(31)12-23,20-44-36(41)32-17-24-3-7-28(32)13-24)21-45-37(42)33-18-25-4-8-29(33)14-25/h1-8,22-33H,9-21H2. The van der Waals surface area contributed by atoms with E-state index in [1.165, 1.54) is 0 Å². The Morgan fingerprint density at radius 2 is 0.800 bits per heavy atom. The van der Waals surface area contributed by atoms with E-state index in [-0.39, 0.29) is 91.4 Å². The van der Waals surface area contributed by atoms with Crippen LogP contribution in [0.5, 0.6) is 0 Å². The number of ether oxygens (including phenoxy) is 3. The molecule has 0 spiro atoms. The highest BCUT2D eigenvalue weighted by Crippen LogP contribution is 2.48. The molecule has 8 aliphatic rings. The van der Waals surface area contributed by atoms with Crippen LogP contribution in [0.2, 0.25) is 0 Å². The van der Waals surface area contributed by atoms with Gasteiger partial charge >= 0.3 is 17.9 Å². The third kappa shape index (κ3) is 5.67. The van der Waals surface area contributed by atoms with Crippen LogP contribution >= 0.6 is 0 Å². The molecule has 8 aliphatic carbocycles. The average Bonchev–Trinajstić information content (AvgIpc) is 3.90. The van der Waals surface area contributed by atoms with Crippen molar-refractivity contribution >= 4 is 23.7 Å². The summed E-state index contributed by atoms with van der Waals surface area (Å²) in [7, 11) is 0. The predicted molar refractivity (Wildman–Crippen MR) is 165 cm³/mol. The van der Waals surface area contributed by atoms with Crippen molar-refractivity contribution in [3.63, 3.8) is 0 Å². The van der Waals surface area contributed by atoms with Crippen molar-refractivity contribution in [1.29, 1.82) is 0 Å². The third-order valence-corrected chi connectivity index (χ3v) is 12.9. The Bertz CT molecular complexity index is 1150. The predicted octanol–water partition coefficient (Wildman–Crippen LogP) is 5.80. The summed E-state index contributed by atoms with van der Waals surface area (Å²) in [5, 5.41) is 0. The summed E-state index contributed by atoms with van der Waals surface area (Å²) < 4.78 is 18.2. The van der Waals surface area contributed by atoms with E-state index >= 15 is 0 Å². The average molecular weight is 615 g/mol. The summed E-state index contributed by atoms with van der Waals surface area (Å²) in [6.07, 6.45) is 25.3. The van der Waals surface area contributed by atoms with Crippen LogP contribution in [-0.4, -0.2) is 43.5 Å². The van der Waals surface area contributed by atoms with Gasteiger partial charge in [-0.15, -0.1) is 0 Å². The number of carbonyl (C=O) groups is 4. The van der Waals surface area contributed by atoms with Crippen molar-refractivity contribution in [2.24, 2.45) is 76.4 Å². The zero-order chi connectivity index (χ0) is 30.7. The molecule has 45 heavy (non-hydrogen) atoms. The first-order valence-electron chi connectivity index (χ1n) is 17.6. The summed E-state index contributed by atoms with van der Waals surface area (Å²) in [5.41, 5.74) is -0.988. The lowest BCUT2D eigenvalue weighted by Crippen LogP contribution is -2.42. The number of ketones is 1. The quantitative estimate of drug-likeness (QED) is 0.147. The van der Waals surface area contributed by atoms with E-state index in [0.717, 1.165) is 51.4 Å². The number of allylic oxidation sites excluding steroid dienone is 8. The van der Waals surface area contributed by atoms with Gasteiger partial charge in [-0.1, -0.05) is 48.6 Å². The lowest BCUT2D eigenvalue weighted by atomic mass is 9.80. The van der Waals surface area contributed by atoms with Gasteiger partial charge in [-0.25, -0.2) is 0 Å². The second-order valence-corrected chi connectivity index (χ2v) is 15.8. The third-order valence-electron chi connectivity index (χ3n) is 12.9. The molecule has 12 unspecified atom stereocenters. The van der Waals surface area contributed by atoms with Crippen LogP contribution in [0.4, 0.5) is 0 Å². The van der Waals surface area contributed by atoms with E-state index in [1.54, 1.807) is 0 Å². The van der Waals surface area contributed by atoms with Gasteiger partial charge in [0.25, 0.3) is 0 Å². The molecule has 12 atom stereocenters. The van der Waals surface area contributed by atoms with Gasteiger partial charge in [-0.2, -0.15) is 0 Å². The van der Waals surface area contributed by atoms with Crippen LogP contribution in [0.25, 0.3) is 0 Å². The van der Waals surface area contributed by atoms with Crippen LogP contribution in [0, 0.1) is 76.4 Å². The molecular weight excluding hydrogens is 568 g/mol. The van der Waals surface area contributed by atoms with Crippen molar-refractivity contribution in [1.82, 2.24) is 0 Å². The highest BCUT2D eigenvalue weighted by atomic mass is 16.6. The van der Waals surface area contributed by atoms with Crippen molar-refractivity contribution < 1.29 is 33.4 Å². The zero-order valence-electron chi connectivity index (χ0n) is 26.1. The van der Waals surface area contributed by atoms with E-state index in [0.29, 0.717) is 36.0 Å². The molecule has 0 amide bonds. The fourth-order valence-electron chi connectivity index (χ4n) is 10.2. The smallest absolute Gasteiger partial charge is 0.309 e. The maximum Gasteiger partial charge on any atom is 0.309 e. The summed E-state index contributed by atoms with van der Waals surface area (Å²) >= 11 is 0. The molecule has 8 bridgehead atoms. The van der Waals surface area contributed by atoms with Gasteiger partial charge < -0.3 is 14.2 Å². The second-order valence-electron chi connectivity index (χ2n) is 15.8. The van der Waals surface area contributed by atoms with Crippen LogP contribution in [0.15, 0.2) is 48.6 Å². The maximum atomic E-state index is 13.6. The van der Waals surface area contributed by atoms with E-state index in [2.05, 4.69) is 48.6 Å². The monoisotopic (exact) mass is 614 g/mol. The summed E-state index contributed by atoms with van der Waals surface area (Å²) in [5.74, 6) is 1.66. The summed E-state index contributed by atoms with van der Waals surface area (Å²) in [4.78, 5) is 53.9. The Kier molecular flexibility index (Phi) is 7.64. The van der Waals surface area contributed by atoms with E-state index in [9.17, 15) is 19.2 Å². The number of carbonyl (C=O) groups excluding carboxylic acids is 4. The highest BCUT2D eigenvalue weighted by Gasteiger charge is 2.47. The SMILES string of the molecule is O=C(CCC(COC(=O)C1CC2C=CC1C2)(COC(=O)C1CC2C=CC1C2)COC(=O)C1CC2C=CC1C2)C1CC2C=CC1C2. The van der Waals surface area contributed by atoms with Gasteiger partial charge in [-0.05, 0) is 105 Å². The number of Topliss-reactive ketones (excluding diaryl/α,β-unsaturated/α-hetero) is 1. The summed E-state index contributed by atoms with van der Waals surface area (Å²) in [6, 6.07) is 0. The van der Waals surface area contributed by atoms with Gasteiger partial charge in [-0.3, -0.25) is 19.2 Å². The summed E-state index contributed by atoms with van der Waals surface area (Å²) in [6.45, 7) is -0.122. The number of hydrogen-bond acceptors (Lipinski definition) is 7. The van der Waals surface area contributed by atoms with E-state index in [4.69, 9.17) is 14.2 Å². The molecule has 0 radical (unpaired) electrons. The topological polar surface area (TPSA) is 96.0 Å². The molecule has 4 saturated carbocycles. The fourth-order valence-corrected chi connectivity index (χ4v) is 10.2. The van der Waals surface area contributed by atoms with Crippen molar-refractivity contribution in [2.45, 2.75) is 64.2 Å². The van der Waals surface area contributed by atoms with Gasteiger partial charge in [0, 0.05) is 12.3 Å². The molecule has 8 rings (SSSR count). The molecule has 240 valence electrons. The van der Waals surface area contributed by atoms with Gasteiger partial charge in [0.2, 0.25) is 0 Å². The Labute approximate surface area is 265 Å². The number of fused-ring (bicyclic) bond motifs is 8. The largest absolute Gasteiger partial charge is 0.465 e. The zero-order valence-corrected chi connectivity index (χ0v) is 26.1.